The average Bonchev–Trinajstić information content (AvgIpc) is 2.65. The van der Waals surface area contributed by atoms with E-state index in [0.717, 1.165) is 5.56 Å². The minimum atomic E-state index is -0.376. The Kier molecular flexibility index (Phi) is 6.79. The first-order chi connectivity index (χ1) is 12.5. The summed E-state index contributed by atoms with van der Waals surface area (Å²) in [5.41, 5.74) is 1.82. The molecule has 2 rings (SSSR count). The van der Waals surface area contributed by atoms with Crippen molar-refractivity contribution in [3.63, 3.8) is 0 Å². The molecule has 136 valence electrons. The second-order valence-corrected chi connectivity index (χ2v) is 5.52. The van der Waals surface area contributed by atoms with Gasteiger partial charge in [-0.3, -0.25) is 9.59 Å². The topological polar surface area (TPSA) is 76.7 Å². The number of methoxy groups -OCH3 is 2. The number of hydrogen-bond donors (Lipinski definition) is 2. The first kappa shape index (κ1) is 19.1. The highest BCUT2D eigenvalue weighted by Crippen LogP contribution is 2.28. The molecule has 26 heavy (non-hydrogen) atoms. The minimum Gasteiger partial charge on any atom is -0.493 e. The number of carbonyl (C=O) groups excluding carboxylic acids is 2. The molecule has 0 aliphatic heterocycles. The summed E-state index contributed by atoms with van der Waals surface area (Å²) in [5.74, 6) is 0.415. The third-order valence-corrected chi connectivity index (χ3v) is 3.57. The van der Waals surface area contributed by atoms with Crippen molar-refractivity contribution >= 4 is 17.9 Å². The highest BCUT2D eigenvalue weighted by atomic mass is 16.5. The van der Waals surface area contributed by atoms with E-state index in [1.54, 1.807) is 31.4 Å². The van der Waals surface area contributed by atoms with Crippen LogP contribution in [0.5, 0.6) is 11.5 Å². The molecule has 2 aromatic rings. The van der Waals surface area contributed by atoms with E-state index in [9.17, 15) is 9.59 Å². The van der Waals surface area contributed by atoms with Crippen LogP contribution < -0.4 is 20.1 Å². The first-order valence-electron chi connectivity index (χ1n) is 8.07. The van der Waals surface area contributed by atoms with E-state index in [-0.39, 0.29) is 17.5 Å². The summed E-state index contributed by atoms with van der Waals surface area (Å²) in [6, 6.07) is 14.8. The molecular weight excluding hydrogens is 332 g/mol. The Morgan fingerprint density at radius 3 is 2.31 bits per heavy atom. The largest absolute Gasteiger partial charge is 0.493 e. The van der Waals surface area contributed by atoms with Gasteiger partial charge in [0.1, 0.15) is 5.70 Å². The molecule has 0 aromatic heterocycles. The molecule has 0 radical (unpaired) electrons. The van der Waals surface area contributed by atoms with E-state index in [1.165, 1.54) is 14.0 Å². The van der Waals surface area contributed by atoms with Crippen LogP contribution in [0.4, 0.5) is 0 Å². The number of carbonyl (C=O) groups is 2. The molecule has 0 unspecified atom stereocenters. The summed E-state index contributed by atoms with van der Waals surface area (Å²) in [6.45, 7) is 1.72. The molecule has 0 bridgehead atoms. The van der Waals surface area contributed by atoms with Crippen molar-refractivity contribution in [2.24, 2.45) is 0 Å². The van der Waals surface area contributed by atoms with Crippen molar-refractivity contribution in [2.75, 3.05) is 14.2 Å². The lowest BCUT2D eigenvalue weighted by atomic mass is 10.1. The van der Waals surface area contributed by atoms with Gasteiger partial charge in [0.25, 0.3) is 5.91 Å². The highest BCUT2D eigenvalue weighted by Gasteiger charge is 2.12. The van der Waals surface area contributed by atoms with Crippen LogP contribution in [0.1, 0.15) is 18.1 Å². The van der Waals surface area contributed by atoms with Crippen LogP contribution in [0.25, 0.3) is 6.08 Å². The minimum absolute atomic E-state index is 0.153. The van der Waals surface area contributed by atoms with E-state index in [0.29, 0.717) is 23.6 Å². The first-order valence-corrected chi connectivity index (χ1v) is 8.07. The van der Waals surface area contributed by atoms with E-state index < -0.39 is 0 Å². The van der Waals surface area contributed by atoms with Gasteiger partial charge in [0.05, 0.1) is 14.2 Å². The SMILES string of the molecule is COc1ccc(/C=C(\NC(C)=O)C(=O)NCc2ccccc2)cc1OC. The zero-order valence-corrected chi connectivity index (χ0v) is 15.0. The summed E-state index contributed by atoms with van der Waals surface area (Å²) in [7, 11) is 3.08. The zero-order chi connectivity index (χ0) is 18.9. The normalized spacial score (nSPS) is 10.8. The van der Waals surface area contributed by atoms with E-state index >= 15 is 0 Å². The molecule has 2 N–H and O–H groups in total. The molecule has 0 aliphatic rings. The Bertz CT molecular complexity index is 801. The Balaban J connectivity index is 2.21. The van der Waals surface area contributed by atoms with Crippen LogP contribution in [0.2, 0.25) is 0 Å². The number of nitrogens with one attached hydrogen (secondary N) is 2. The maximum Gasteiger partial charge on any atom is 0.268 e. The van der Waals surface area contributed by atoms with E-state index in [2.05, 4.69) is 10.6 Å². The molecule has 0 atom stereocenters. The second kappa shape index (κ2) is 9.27. The van der Waals surface area contributed by atoms with Gasteiger partial charge in [0, 0.05) is 13.5 Å². The number of ether oxygens (including phenoxy) is 2. The van der Waals surface area contributed by atoms with Crippen LogP contribution >= 0.6 is 0 Å². The molecule has 2 amide bonds. The third kappa shape index (κ3) is 5.37. The van der Waals surface area contributed by atoms with Gasteiger partial charge < -0.3 is 20.1 Å². The Labute approximate surface area is 152 Å². The van der Waals surface area contributed by atoms with Crippen molar-refractivity contribution in [3.8, 4) is 11.5 Å². The lowest BCUT2D eigenvalue weighted by Crippen LogP contribution is -2.33. The Morgan fingerprint density at radius 1 is 1.00 bits per heavy atom. The smallest absolute Gasteiger partial charge is 0.268 e. The average molecular weight is 354 g/mol. The van der Waals surface area contributed by atoms with Crippen molar-refractivity contribution in [1.29, 1.82) is 0 Å². The van der Waals surface area contributed by atoms with E-state index in [4.69, 9.17) is 9.47 Å². The van der Waals surface area contributed by atoms with Gasteiger partial charge in [-0.25, -0.2) is 0 Å². The Hall–Kier alpha value is -3.28. The summed E-state index contributed by atoms with van der Waals surface area (Å²) >= 11 is 0. The fourth-order valence-electron chi connectivity index (χ4n) is 2.33. The maximum atomic E-state index is 12.5. The van der Waals surface area contributed by atoms with E-state index in [1.807, 2.05) is 30.3 Å². The van der Waals surface area contributed by atoms with Gasteiger partial charge in [0.15, 0.2) is 11.5 Å². The second-order valence-electron chi connectivity index (χ2n) is 5.52. The van der Waals surface area contributed by atoms with Gasteiger partial charge in [0.2, 0.25) is 5.91 Å². The number of amides is 2. The summed E-state index contributed by atoms with van der Waals surface area (Å²) in [5, 5.41) is 5.37. The number of rotatable bonds is 7. The van der Waals surface area contributed by atoms with Gasteiger partial charge in [-0.05, 0) is 29.3 Å². The van der Waals surface area contributed by atoms with Crippen molar-refractivity contribution in [2.45, 2.75) is 13.5 Å². The van der Waals surface area contributed by atoms with Crippen molar-refractivity contribution in [3.05, 3.63) is 65.4 Å². The summed E-state index contributed by atoms with van der Waals surface area (Å²) in [6.07, 6.45) is 1.59. The third-order valence-electron chi connectivity index (χ3n) is 3.57. The van der Waals surface area contributed by atoms with Crippen LogP contribution in [-0.2, 0) is 16.1 Å². The molecule has 2 aromatic carbocycles. The monoisotopic (exact) mass is 354 g/mol. The van der Waals surface area contributed by atoms with Gasteiger partial charge in [-0.2, -0.15) is 0 Å². The summed E-state index contributed by atoms with van der Waals surface area (Å²) in [4.78, 5) is 24.0. The van der Waals surface area contributed by atoms with Gasteiger partial charge in [-0.1, -0.05) is 36.4 Å². The quantitative estimate of drug-likeness (QED) is 0.749. The van der Waals surface area contributed by atoms with Gasteiger partial charge in [-0.15, -0.1) is 0 Å². The molecular formula is C20H22N2O4. The van der Waals surface area contributed by atoms with Crippen LogP contribution in [0, 0.1) is 0 Å². The van der Waals surface area contributed by atoms with Crippen molar-refractivity contribution in [1.82, 2.24) is 10.6 Å². The lowest BCUT2D eigenvalue weighted by Gasteiger charge is -2.11. The molecule has 0 spiro atoms. The molecule has 0 heterocycles. The molecule has 0 saturated carbocycles. The molecule has 0 aliphatic carbocycles. The molecule has 6 nitrogen and oxygen atoms in total. The fourth-order valence-corrected chi connectivity index (χ4v) is 2.33. The summed E-state index contributed by atoms with van der Waals surface area (Å²) < 4.78 is 10.5. The van der Waals surface area contributed by atoms with Crippen LogP contribution in [0.3, 0.4) is 0 Å². The highest BCUT2D eigenvalue weighted by molar-refractivity contribution is 6.00. The zero-order valence-electron chi connectivity index (χ0n) is 15.0. The number of hydrogen-bond acceptors (Lipinski definition) is 4. The predicted octanol–water partition coefficient (Wildman–Crippen LogP) is 2.50. The fraction of sp³-hybridized carbons (Fsp3) is 0.200. The standard InChI is InChI=1S/C20H22N2O4/c1-14(23)22-17(20(24)21-13-15-7-5-4-6-8-15)11-16-9-10-18(25-2)19(12-16)26-3/h4-12H,13H2,1-3H3,(H,21,24)(H,22,23)/b17-11-. The predicted molar refractivity (Wildman–Crippen MR) is 99.6 cm³/mol. The lowest BCUT2D eigenvalue weighted by molar-refractivity contribution is -0.122. The number of benzene rings is 2. The van der Waals surface area contributed by atoms with Crippen molar-refractivity contribution < 1.29 is 19.1 Å². The molecule has 6 heteroatoms. The molecule has 0 saturated heterocycles. The molecule has 0 fully saturated rings. The van der Waals surface area contributed by atoms with Gasteiger partial charge >= 0.3 is 0 Å². The van der Waals surface area contributed by atoms with Crippen LogP contribution in [-0.4, -0.2) is 26.0 Å². The Morgan fingerprint density at radius 2 is 1.69 bits per heavy atom. The maximum absolute atomic E-state index is 12.5. The van der Waals surface area contributed by atoms with Crippen LogP contribution in [0.15, 0.2) is 54.2 Å².